The number of carbonyl (C=O) groups excluding carboxylic acids is 2. The van der Waals surface area contributed by atoms with Gasteiger partial charge in [0.15, 0.2) is 0 Å². The van der Waals surface area contributed by atoms with E-state index in [1.807, 2.05) is 0 Å². The summed E-state index contributed by atoms with van der Waals surface area (Å²) in [5.74, 6) is -1.39. The second-order valence-corrected chi connectivity index (χ2v) is 10.00. The molecule has 0 saturated carbocycles. The average molecular weight is 507 g/mol. The lowest BCUT2D eigenvalue weighted by atomic mass is 9.94. The quantitative estimate of drug-likeness (QED) is 0.526. The van der Waals surface area contributed by atoms with Crippen molar-refractivity contribution in [3.8, 4) is 0 Å². The SMILES string of the molecule is COC1CC([C@H](OC)[C@@H](C)C(=O)NCCc2cc(F)c(Cl)cc2Cl)N(C(=O)OC(C)(C)C)C1. The Morgan fingerprint density at radius 1 is 1.24 bits per heavy atom. The number of amides is 2. The number of rotatable bonds is 8. The number of halogens is 3. The minimum Gasteiger partial charge on any atom is -0.444 e. The zero-order valence-corrected chi connectivity index (χ0v) is 21.4. The van der Waals surface area contributed by atoms with Gasteiger partial charge in [0.25, 0.3) is 0 Å². The van der Waals surface area contributed by atoms with Crippen molar-refractivity contribution in [2.75, 3.05) is 27.3 Å². The Bertz CT molecular complexity index is 849. The van der Waals surface area contributed by atoms with Crippen molar-refractivity contribution in [1.29, 1.82) is 0 Å². The monoisotopic (exact) mass is 506 g/mol. The van der Waals surface area contributed by atoms with Crippen molar-refractivity contribution in [3.63, 3.8) is 0 Å². The summed E-state index contributed by atoms with van der Waals surface area (Å²) >= 11 is 11.8. The van der Waals surface area contributed by atoms with Crippen LogP contribution in [0.25, 0.3) is 0 Å². The van der Waals surface area contributed by atoms with Gasteiger partial charge >= 0.3 is 6.09 Å². The van der Waals surface area contributed by atoms with Crippen LogP contribution in [-0.2, 0) is 25.4 Å². The lowest BCUT2D eigenvalue weighted by molar-refractivity contribution is -0.130. The van der Waals surface area contributed by atoms with Crippen LogP contribution < -0.4 is 5.32 Å². The highest BCUT2D eigenvalue weighted by Crippen LogP contribution is 2.30. The first kappa shape index (κ1) is 27.6. The molecule has 2 rings (SSSR count). The van der Waals surface area contributed by atoms with Crippen LogP contribution in [0.15, 0.2) is 12.1 Å². The van der Waals surface area contributed by atoms with Gasteiger partial charge in [-0.3, -0.25) is 9.69 Å². The number of hydrogen-bond acceptors (Lipinski definition) is 5. The fraction of sp³-hybridized carbons (Fsp3) is 0.652. The van der Waals surface area contributed by atoms with Gasteiger partial charge in [0.05, 0.1) is 35.7 Å². The van der Waals surface area contributed by atoms with Crippen LogP contribution in [0.5, 0.6) is 0 Å². The summed E-state index contributed by atoms with van der Waals surface area (Å²) in [6.07, 6.45) is -0.374. The third kappa shape index (κ3) is 7.44. The van der Waals surface area contributed by atoms with E-state index in [0.717, 1.165) is 0 Å². The van der Waals surface area contributed by atoms with Crippen molar-refractivity contribution >= 4 is 35.2 Å². The zero-order chi connectivity index (χ0) is 24.9. The predicted molar refractivity (Wildman–Crippen MR) is 125 cm³/mol. The van der Waals surface area contributed by atoms with E-state index in [1.165, 1.54) is 19.2 Å². The van der Waals surface area contributed by atoms with E-state index in [9.17, 15) is 14.0 Å². The Hall–Kier alpha value is -1.61. The molecule has 1 heterocycles. The molecular weight excluding hydrogens is 474 g/mol. The van der Waals surface area contributed by atoms with Gasteiger partial charge in [0.2, 0.25) is 5.91 Å². The minimum absolute atomic E-state index is 0.0511. The molecule has 1 saturated heterocycles. The van der Waals surface area contributed by atoms with E-state index in [4.69, 9.17) is 37.4 Å². The van der Waals surface area contributed by atoms with E-state index < -0.39 is 35.6 Å². The van der Waals surface area contributed by atoms with Gasteiger partial charge in [0.1, 0.15) is 11.4 Å². The Morgan fingerprint density at radius 2 is 1.91 bits per heavy atom. The molecule has 0 bridgehead atoms. The molecule has 1 aliphatic rings. The predicted octanol–water partition coefficient (Wildman–Crippen LogP) is 4.47. The molecule has 1 aliphatic heterocycles. The number of hydrogen-bond donors (Lipinski definition) is 1. The maximum atomic E-state index is 13.7. The molecule has 10 heteroatoms. The molecule has 2 unspecified atom stereocenters. The Balaban J connectivity index is 2.05. The number of nitrogens with one attached hydrogen (secondary N) is 1. The fourth-order valence-corrected chi connectivity index (χ4v) is 4.40. The summed E-state index contributed by atoms with van der Waals surface area (Å²) in [4.78, 5) is 27.2. The van der Waals surface area contributed by atoms with Crippen molar-refractivity contribution in [2.45, 2.75) is 64.4 Å². The third-order valence-electron chi connectivity index (χ3n) is 5.61. The number of methoxy groups -OCH3 is 2. The Morgan fingerprint density at radius 3 is 2.48 bits per heavy atom. The van der Waals surface area contributed by atoms with Gasteiger partial charge in [-0.2, -0.15) is 0 Å². The second kappa shape index (κ2) is 11.7. The van der Waals surface area contributed by atoms with Crippen molar-refractivity contribution in [2.24, 2.45) is 5.92 Å². The van der Waals surface area contributed by atoms with E-state index >= 15 is 0 Å². The van der Waals surface area contributed by atoms with Gasteiger partial charge in [-0.05, 0) is 51.3 Å². The van der Waals surface area contributed by atoms with Crippen molar-refractivity contribution < 1.29 is 28.2 Å². The highest BCUT2D eigenvalue weighted by atomic mass is 35.5. The summed E-state index contributed by atoms with van der Waals surface area (Å²) in [5.41, 5.74) is -0.106. The summed E-state index contributed by atoms with van der Waals surface area (Å²) in [6.45, 7) is 7.74. The molecule has 0 spiro atoms. The molecule has 1 aromatic carbocycles. The summed E-state index contributed by atoms with van der Waals surface area (Å²) in [7, 11) is 3.10. The Kier molecular flexibility index (Phi) is 9.79. The van der Waals surface area contributed by atoms with Gasteiger partial charge in [-0.25, -0.2) is 9.18 Å². The molecule has 2 amide bonds. The van der Waals surface area contributed by atoms with Crippen LogP contribution in [0.3, 0.4) is 0 Å². The van der Waals surface area contributed by atoms with Crippen molar-refractivity contribution in [3.05, 3.63) is 33.6 Å². The first-order valence-corrected chi connectivity index (χ1v) is 11.6. The van der Waals surface area contributed by atoms with Crippen LogP contribution in [-0.4, -0.2) is 68.1 Å². The molecule has 0 aliphatic carbocycles. The van der Waals surface area contributed by atoms with Crippen LogP contribution in [0.4, 0.5) is 9.18 Å². The van der Waals surface area contributed by atoms with Crippen LogP contribution in [0, 0.1) is 11.7 Å². The molecule has 0 aromatic heterocycles. The normalized spacial score (nSPS) is 20.5. The largest absolute Gasteiger partial charge is 0.444 e. The van der Waals surface area contributed by atoms with E-state index in [2.05, 4.69) is 5.32 Å². The first-order chi connectivity index (χ1) is 15.4. The molecule has 7 nitrogen and oxygen atoms in total. The van der Waals surface area contributed by atoms with Gasteiger partial charge in [-0.1, -0.05) is 30.1 Å². The minimum atomic E-state index is -0.652. The summed E-state index contributed by atoms with van der Waals surface area (Å²) in [5, 5.41) is 3.12. The summed E-state index contributed by atoms with van der Waals surface area (Å²) < 4.78 is 30.4. The van der Waals surface area contributed by atoms with E-state index in [0.29, 0.717) is 30.0 Å². The number of nitrogens with zero attached hydrogens (tertiary/aromatic N) is 1. The Labute approximate surface area is 204 Å². The van der Waals surface area contributed by atoms with Crippen molar-refractivity contribution in [1.82, 2.24) is 10.2 Å². The van der Waals surface area contributed by atoms with E-state index in [1.54, 1.807) is 39.7 Å². The fourth-order valence-electron chi connectivity index (χ4n) is 3.92. The van der Waals surface area contributed by atoms with Crippen LogP contribution in [0.2, 0.25) is 10.0 Å². The number of ether oxygens (including phenoxy) is 3. The van der Waals surface area contributed by atoms with Gasteiger partial charge < -0.3 is 19.5 Å². The molecule has 4 atom stereocenters. The topological polar surface area (TPSA) is 77.1 Å². The summed E-state index contributed by atoms with van der Waals surface area (Å²) in [6, 6.07) is 2.22. The molecule has 33 heavy (non-hydrogen) atoms. The van der Waals surface area contributed by atoms with E-state index in [-0.39, 0.29) is 23.6 Å². The standard InChI is InChI=1S/C23H33Cl2FN2O5/c1-13(21(29)27-8-7-14-9-18(26)17(25)11-16(14)24)20(32-6)19-10-15(31-5)12-28(19)22(30)33-23(2,3)4/h9,11,13,15,19-20H,7-8,10,12H2,1-6H3,(H,27,29)/t13-,15?,19?,20-/m1/s1. The lowest BCUT2D eigenvalue weighted by Gasteiger charge is -2.34. The molecule has 186 valence electrons. The lowest BCUT2D eigenvalue weighted by Crippen LogP contribution is -2.50. The number of benzene rings is 1. The number of carbonyl (C=O) groups is 2. The molecule has 1 N–H and O–H groups in total. The highest BCUT2D eigenvalue weighted by Gasteiger charge is 2.45. The molecule has 1 aromatic rings. The maximum Gasteiger partial charge on any atom is 0.410 e. The molecular formula is C23H33Cl2FN2O5. The van der Waals surface area contributed by atoms with Gasteiger partial charge in [0, 0.05) is 25.8 Å². The first-order valence-electron chi connectivity index (χ1n) is 10.8. The number of likely N-dealkylation sites (tertiary alicyclic amines) is 1. The highest BCUT2D eigenvalue weighted by molar-refractivity contribution is 6.35. The average Bonchev–Trinajstić information content (AvgIpc) is 3.15. The smallest absolute Gasteiger partial charge is 0.410 e. The molecule has 0 radical (unpaired) electrons. The molecule has 1 fully saturated rings. The third-order valence-corrected chi connectivity index (χ3v) is 6.25. The van der Waals surface area contributed by atoms with Crippen LogP contribution >= 0.6 is 23.2 Å². The van der Waals surface area contributed by atoms with Gasteiger partial charge in [-0.15, -0.1) is 0 Å². The maximum absolute atomic E-state index is 13.7. The van der Waals surface area contributed by atoms with Crippen LogP contribution in [0.1, 0.15) is 39.7 Å². The zero-order valence-electron chi connectivity index (χ0n) is 19.9. The second-order valence-electron chi connectivity index (χ2n) is 9.18.